The van der Waals surface area contributed by atoms with Crippen molar-refractivity contribution in [1.82, 2.24) is 15.5 Å². The van der Waals surface area contributed by atoms with E-state index in [0.717, 1.165) is 30.3 Å². The molecular weight excluding hydrogens is 400 g/mol. The predicted molar refractivity (Wildman–Crippen MR) is 114 cm³/mol. The number of nitro benzene ring substituents is 1. The number of carbonyl (C=O) groups is 1. The average molecular weight is 422 g/mol. The quantitative estimate of drug-likeness (QED) is 0.458. The number of nitrogens with zero attached hydrogens (tertiary/aromatic N) is 2. The van der Waals surface area contributed by atoms with Gasteiger partial charge in [-0.05, 0) is 43.4 Å². The van der Waals surface area contributed by atoms with Gasteiger partial charge >= 0.3 is 6.09 Å². The number of hydrogen-bond acceptors (Lipinski definition) is 6. The first-order valence-corrected chi connectivity index (χ1v) is 10.1. The summed E-state index contributed by atoms with van der Waals surface area (Å²) in [6, 6.07) is 12.9. The Bertz CT molecular complexity index is 1170. The molecule has 0 aliphatic heterocycles. The van der Waals surface area contributed by atoms with Gasteiger partial charge in [0.05, 0.1) is 16.0 Å². The second-order valence-corrected chi connectivity index (χ2v) is 7.94. The van der Waals surface area contributed by atoms with Crippen molar-refractivity contribution in [3.63, 3.8) is 0 Å². The maximum absolute atomic E-state index is 12.1. The number of non-ortho nitro benzene ring substituents is 1. The topological polar surface area (TPSA) is 127 Å². The van der Waals surface area contributed by atoms with Crippen LogP contribution < -0.4 is 15.6 Å². The lowest BCUT2D eigenvalue weighted by Crippen LogP contribution is -2.45. The number of nitrogens with one attached hydrogen (secondary N) is 2. The van der Waals surface area contributed by atoms with Crippen LogP contribution in [0.15, 0.2) is 53.3 Å². The Morgan fingerprint density at radius 2 is 1.90 bits per heavy atom. The van der Waals surface area contributed by atoms with Crippen molar-refractivity contribution in [3.8, 4) is 5.75 Å². The molecule has 0 radical (unpaired) electrons. The predicted octanol–water partition coefficient (Wildman–Crippen LogP) is 3.89. The van der Waals surface area contributed by atoms with Crippen LogP contribution in [-0.2, 0) is 0 Å². The van der Waals surface area contributed by atoms with E-state index in [1.807, 2.05) is 18.2 Å². The van der Waals surface area contributed by atoms with Crippen LogP contribution in [0.5, 0.6) is 5.75 Å². The lowest BCUT2D eigenvalue weighted by molar-refractivity contribution is -0.384. The van der Waals surface area contributed by atoms with E-state index in [1.165, 1.54) is 24.3 Å². The molecule has 31 heavy (non-hydrogen) atoms. The van der Waals surface area contributed by atoms with Crippen LogP contribution in [0.1, 0.15) is 37.8 Å². The third-order valence-corrected chi connectivity index (χ3v) is 5.69. The zero-order valence-electron chi connectivity index (χ0n) is 16.9. The summed E-state index contributed by atoms with van der Waals surface area (Å²) < 4.78 is 5.18. The minimum atomic E-state index is -0.571. The van der Waals surface area contributed by atoms with Gasteiger partial charge in [-0.15, -0.1) is 0 Å². The van der Waals surface area contributed by atoms with Crippen molar-refractivity contribution >= 4 is 22.6 Å². The van der Waals surface area contributed by atoms with E-state index >= 15 is 0 Å². The zero-order chi connectivity index (χ0) is 22.0. The molecule has 160 valence electrons. The summed E-state index contributed by atoms with van der Waals surface area (Å²) in [5.41, 5.74) is 0.628. The van der Waals surface area contributed by atoms with Gasteiger partial charge in [0.15, 0.2) is 0 Å². The maximum atomic E-state index is 12.1. The number of aromatic amines is 1. The Kier molecular flexibility index (Phi) is 5.66. The second-order valence-electron chi connectivity index (χ2n) is 7.94. The Hall–Kier alpha value is -3.75. The van der Waals surface area contributed by atoms with Crippen LogP contribution >= 0.6 is 0 Å². The molecule has 3 aromatic rings. The fourth-order valence-electron chi connectivity index (χ4n) is 4.11. The van der Waals surface area contributed by atoms with E-state index in [9.17, 15) is 19.7 Å². The number of benzene rings is 2. The summed E-state index contributed by atoms with van der Waals surface area (Å²) in [4.78, 5) is 34.2. The largest absolute Gasteiger partial charge is 0.412 e. The minimum absolute atomic E-state index is 0.0306. The van der Waals surface area contributed by atoms with E-state index in [4.69, 9.17) is 4.74 Å². The molecule has 0 spiro atoms. The number of aromatic nitrogens is 2. The summed E-state index contributed by atoms with van der Waals surface area (Å²) >= 11 is 0. The highest BCUT2D eigenvalue weighted by Gasteiger charge is 2.32. The number of H-pyrrole nitrogens is 1. The lowest BCUT2D eigenvalue weighted by atomic mass is 9.74. The second kappa shape index (κ2) is 8.55. The normalized spacial score (nSPS) is 18.7. The highest BCUT2D eigenvalue weighted by Crippen LogP contribution is 2.36. The molecule has 1 saturated carbocycles. The molecule has 0 bridgehead atoms. The summed E-state index contributed by atoms with van der Waals surface area (Å²) in [6.45, 7) is 2.09. The van der Waals surface area contributed by atoms with Gasteiger partial charge in [0.1, 0.15) is 5.75 Å². The van der Waals surface area contributed by atoms with Gasteiger partial charge in [0.25, 0.3) is 11.2 Å². The van der Waals surface area contributed by atoms with Gasteiger partial charge < -0.3 is 10.1 Å². The fraction of sp³-hybridized carbons (Fsp3) is 0.318. The van der Waals surface area contributed by atoms with Crippen molar-refractivity contribution in [3.05, 3.63) is 74.7 Å². The Balaban J connectivity index is 1.28. The van der Waals surface area contributed by atoms with E-state index in [2.05, 4.69) is 22.4 Å². The molecule has 1 atom stereocenters. The van der Waals surface area contributed by atoms with Gasteiger partial charge in [-0.2, -0.15) is 5.10 Å². The minimum Gasteiger partial charge on any atom is -0.410 e. The zero-order valence-corrected chi connectivity index (χ0v) is 16.9. The van der Waals surface area contributed by atoms with Gasteiger partial charge in [0, 0.05) is 29.5 Å². The monoisotopic (exact) mass is 422 g/mol. The summed E-state index contributed by atoms with van der Waals surface area (Å²) in [5.74, 6) is 0.857. The van der Waals surface area contributed by atoms with Gasteiger partial charge in [0.2, 0.25) is 0 Å². The molecular formula is C22H22N4O5. The van der Waals surface area contributed by atoms with Gasteiger partial charge in [-0.25, -0.2) is 9.89 Å². The van der Waals surface area contributed by atoms with Crippen molar-refractivity contribution in [2.45, 2.75) is 38.1 Å². The number of rotatable bonds is 6. The van der Waals surface area contributed by atoms with E-state index in [-0.39, 0.29) is 29.0 Å². The van der Waals surface area contributed by atoms with Crippen LogP contribution in [0.4, 0.5) is 10.5 Å². The molecule has 0 saturated heterocycles. The standard InChI is InChI=1S/C22H22N4O5/c1-13(20-18-4-2-3-5-19(18)21(27)25-24-20)10-14-11-15(12-14)23-22(28)31-17-8-6-16(7-9-17)26(29)30/h2-9,13-15H,10-12H2,1H3,(H,23,28)(H,25,27)/t13-,14?,15?/m0/s1. The van der Waals surface area contributed by atoms with Crippen molar-refractivity contribution in [1.29, 1.82) is 0 Å². The number of hydrogen-bond donors (Lipinski definition) is 2. The molecule has 2 aromatic carbocycles. The van der Waals surface area contributed by atoms with Crippen LogP contribution in [0, 0.1) is 16.0 Å². The van der Waals surface area contributed by atoms with Crippen molar-refractivity contribution in [2.24, 2.45) is 5.92 Å². The molecule has 1 aromatic heterocycles. The highest BCUT2D eigenvalue weighted by atomic mass is 16.6. The van der Waals surface area contributed by atoms with Crippen LogP contribution in [0.25, 0.3) is 10.8 Å². The Morgan fingerprint density at radius 3 is 2.58 bits per heavy atom. The molecule has 1 aliphatic carbocycles. The molecule has 9 heteroatoms. The smallest absolute Gasteiger partial charge is 0.410 e. The Labute approximate surface area is 177 Å². The fourth-order valence-corrected chi connectivity index (χ4v) is 4.11. The van der Waals surface area contributed by atoms with Crippen molar-refractivity contribution in [2.75, 3.05) is 0 Å². The molecule has 2 N–H and O–H groups in total. The molecule has 0 unspecified atom stereocenters. The van der Waals surface area contributed by atoms with Gasteiger partial charge in [-0.1, -0.05) is 25.1 Å². The number of ether oxygens (including phenoxy) is 1. The first-order chi connectivity index (χ1) is 14.9. The first-order valence-electron chi connectivity index (χ1n) is 10.1. The molecule has 1 amide bonds. The number of nitro groups is 1. The number of amides is 1. The first kappa shape index (κ1) is 20.5. The number of fused-ring (bicyclic) bond motifs is 1. The highest BCUT2D eigenvalue weighted by molar-refractivity contribution is 5.83. The molecule has 4 rings (SSSR count). The third-order valence-electron chi connectivity index (χ3n) is 5.69. The van der Waals surface area contributed by atoms with Crippen LogP contribution in [-0.4, -0.2) is 27.3 Å². The summed E-state index contributed by atoms with van der Waals surface area (Å²) in [5, 5.41) is 21.9. The van der Waals surface area contributed by atoms with Crippen molar-refractivity contribution < 1.29 is 14.5 Å². The van der Waals surface area contributed by atoms with E-state index < -0.39 is 11.0 Å². The summed E-state index contributed by atoms with van der Waals surface area (Å²) in [7, 11) is 0. The van der Waals surface area contributed by atoms with Crippen LogP contribution in [0.2, 0.25) is 0 Å². The molecule has 1 heterocycles. The molecule has 9 nitrogen and oxygen atoms in total. The Morgan fingerprint density at radius 1 is 1.23 bits per heavy atom. The van der Waals surface area contributed by atoms with E-state index in [0.29, 0.717) is 11.3 Å². The lowest BCUT2D eigenvalue weighted by Gasteiger charge is -2.36. The summed E-state index contributed by atoms with van der Waals surface area (Å²) in [6.07, 6.45) is 2.00. The molecule has 1 aliphatic rings. The number of carbonyl (C=O) groups excluding carboxylic acids is 1. The average Bonchev–Trinajstić information content (AvgIpc) is 2.73. The molecule has 1 fully saturated rings. The SMILES string of the molecule is C[C@@H](CC1CC(NC(=O)Oc2ccc([N+](=O)[O-])cc2)C1)c1n[nH]c(=O)c2ccccc12. The van der Waals surface area contributed by atoms with Gasteiger partial charge in [-0.3, -0.25) is 14.9 Å². The maximum Gasteiger partial charge on any atom is 0.412 e. The van der Waals surface area contributed by atoms with E-state index in [1.54, 1.807) is 6.07 Å². The third kappa shape index (κ3) is 4.55. The van der Waals surface area contributed by atoms with Crippen LogP contribution in [0.3, 0.4) is 0 Å².